The highest BCUT2D eigenvalue weighted by atomic mass is 35.5. The zero-order valence-electron chi connectivity index (χ0n) is 13.3. The van der Waals surface area contributed by atoms with E-state index in [0.29, 0.717) is 24.7 Å². The van der Waals surface area contributed by atoms with Crippen molar-refractivity contribution >= 4 is 23.5 Å². The number of halogens is 2. The van der Waals surface area contributed by atoms with Crippen molar-refractivity contribution in [1.82, 2.24) is 15.5 Å². The van der Waals surface area contributed by atoms with E-state index in [1.807, 2.05) is 13.8 Å². The molecule has 0 unspecified atom stereocenters. The highest BCUT2D eigenvalue weighted by Gasteiger charge is 2.25. The number of nitrogens with zero attached hydrogens (tertiary/aromatic N) is 1. The molecule has 1 aliphatic rings. The normalized spacial score (nSPS) is 15.3. The van der Waals surface area contributed by atoms with Gasteiger partial charge in [0.25, 0.3) is 0 Å². The van der Waals surface area contributed by atoms with E-state index in [1.165, 1.54) is 17.0 Å². The van der Waals surface area contributed by atoms with E-state index in [2.05, 4.69) is 10.6 Å². The van der Waals surface area contributed by atoms with Crippen LogP contribution in [0.15, 0.2) is 18.2 Å². The Balaban J connectivity index is 1.93. The van der Waals surface area contributed by atoms with Crippen LogP contribution in [0.2, 0.25) is 5.02 Å². The summed E-state index contributed by atoms with van der Waals surface area (Å²) in [5, 5.41) is 5.85. The lowest BCUT2D eigenvalue weighted by atomic mass is 9.84. The smallest absolute Gasteiger partial charge is 0.317 e. The second-order valence-electron chi connectivity index (χ2n) is 6.29. The maximum Gasteiger partial charge on any atom is 0.317 e. The van der Waals surface area contributed by atoms with Gasteiger partial charge in [0, 0.05) is 30.1 Å². The van der Waals surface area contributed by atoms with Gasteiger partial charge in [0.2, 0.25) is 5.91 Å². The average Bonchev–Trinajstić information content (AvgIpc) is 2.47. The molecule has 1 heterocycles. The summed E-state index contributed by atoms with van der Waals surface area (Å²) < 4.78 is 13.1. The van der Waals surface area contributed by atoms with Gasteiger partial charge in [0.15, 0.2) is 0 Å². The molecule has 1 saturated heterocycles. The number of benzene rings is 1. The van der Waals surface area contributed by atoms with E-state index in [9.17, 15) is 14.0 Å². The Morgan fingerprint density at radius 2 is 2.22 bits per heavy atom. The first kappa shape index (κ1) is 17.5. The summed E-state index contributed by atoms with van der Waals surface area (Å²) in [7, 11) is 0. The summed E-state index contributed by atoms with van der Waals surface area (Å²) in [4.78, 5) is 25.1. The molecule has 23 heavy (non-hydrogen) atoms. The van der Waals surface area contributed by atoms with Crippen LogP contribution in [-0.2, 0) is 10.2 Å². The number of rotatable bonds is 5. The van der Waals surface area contributed by atoms with Gasteiger partial charge in [-0.05, 0) is 24.1 Å². The van der Waals surface area contributed by atoms with Crippen molar-refractivity contribution < 1.29 is 14.0 Å². The molecule has 0 radical (unpaired) electrons. The lowest BCUT2D eigenvalue weighted by Crippen LogP contribution is -2.51. The summed E-state index contributed by atoms with van der Waals surface area (Å²) in [6, 6.07) is 4.02. The van der Waals surface area contributed by atoms with Crippen LogP contribution in [0.5, 0.6) is 0 Å². The second kappa shape index (κ2) is 7.17. The zero-order chi connectivity index (χ0) is 17.0. The topological polar surface area (TPSA) is 61.4 Å². The summed E-state index contributed by atoms with van der Waals surface area (Å²) >= 11 is 6.09. The third-order valence-corrected chi connectivity index (χ3v) is 4.20. The fourth-order valence-corrected chi connectivity index (χ4v) is 2.93. The molecule has 2 rings (SSSR count). The standard InChI is InChI=1S/C16H21ClFN3O2/c1-16(2,12-5-4-11(18)8-13(12)17)10-20-14(22)9-21-7-3-6-19-15(21)23/h4-5,8H,3,6-7,9-10H2,1-2H3,(H,19,23)(H,20,22). The van der Waals surface area contributed by atoms with E-state index in [-0.39, 0.29) is 18.5 Å². The lowest BCUT2D eigenvalue weighted by molar-refractivity contribution is -0.122. The number of amides is 3. The third kappa shape index (κ3) is 4.58. The average molecular weight is 342 g/mol. The van der Waals surface area contributed by atoms with Crippen molar-refractivity contribution in [3.63, 3.8) is 0 Å². The summed E-state index contributed by atoms with van der Waals surface area (Å²) in [5.41, 5.74) is 0.307. The van der Waals surface area contributed by atoms with Crippen molar-refractivity contribution in [3.05, 3.63) is 34.6 Å². The number of hydrogen-bond donors (Lipinski definition) is 2. The zero-order valence-corrected chi connectivity index (χ0v) is 14.0. The number of carbonyl (C=O) groups excluding carboxylic acids is 2. The molecule has 0 aliphatic carbocycles. The Hall–Kier alpha value is -1.82. The minimum Gasteiger partial charge on any atom is -0.354 e. The Kier molecular flexibility index (Phi) is 5.46. The molecule has 0 saturated carbocycles. The molecular weight excluding hydrogens is 321 g/mol. The van der Waals surface area contributed by atoms with Gasteiger partial charge >= 0.3 is 6.03 Å². The molecule has 0 aromatic heterocycles. The molecule has 3 amide bonds. The van der Waals surface area contributed by atoms with Crippen LogP contribution in [0.25, 0.3) is 0 Å². The van der Waals surface area contributed by atoms with Gasteiger partial charge in [-0.2, -0.15) is 0 Å². The van der Waals surface area contributed by atoms with E-state index in [0.717, 1.165) is 12.0 Å². The van der Waals surface area contributed by atoms with Crippen molar-refractivity contribution in [2.45, 2.75) is 25.7 Å². The number of hydrogen-bond acceptors (Lipinski definition) is 2. The molecular formula is C16H21ClFN3O2. The van der Waals surface area contributed by atoms with Gasteiger partial charge in [-0.1, -0.05) is 31.5 Å². The highest BCUT2D eigenvalue weighted by molar-refractivity contribution is 6.31. The van der Waals surface area contributed by atoms with Crippen LogP contribution >= 0.6 is 11.6 Å². The summed E-state index contributed by atoms with van der Waals surface area (Å²) in [6.45, 7) is 5.42. The monoisotopic (exact) mass is 341 g/mol. The van der Waals surface area contributed by atoms with Crippen LogP contribution in [0.1, 0.15) is 25.8 Å². The molecule has 126 valence electrons. The molecule has 1 aromatic rings. The largest absolute Gasteiger partial charge is 0.354 e. The first-order valence-corrected chi connectivity index (χ1v) is 7.92. The van der Waals surface area contributed by atoms with Crippen molar-refractivity contribution in [1.29, 1.82) is 0 Å². The molecule has 5 nitrogen and oxygen atoms in total. The SMILES string of the molecule is CC(C)(CNC(=O)CN1CCCNC1=O)c1ccc(F)cc1Cl. The first-order chi connectivity index (χ1) is 10.8. The number of urea groups is 1. The molecule has 7 heteroatoms. The van der Waals surface area contributed by atoms with Crippen LogP contribution < -0.4 is 10.6 Å². The predicted molar refractivity (Wildman–Crippen MR) is 87.0 cm³/mol. The minimum absolute atomic E-state index is 0.0268. The highest BCUT2D eigenvalue weighted by Crippen LogP contribution is 2.29. The Morgan fingerprint density at radius 1 is 1.48 bits per heavy atom. The minimum atomic E-state index is -0.454. The summed E-state index contributed by atoms with van der Waals surface area (Å²) in [6.07, 6.45) is 0.829. The molecule has 1 fully saturated rings. The van der Waals surface area contributed by atoms with Gasteiger partial charge in [-0.3, -0.25) is 4.79 Å². The quantitative estimate of drug-likeness (QED) is 0.863. The van der Waals surface area contributed by atoms with Crippen LogP contribution in [0.3, 0.4) is 0 Å². The fraction of sp³-hybridized carbons (Fsp3) is 0.500. The number of nitrogens with one attached hydrogen (secondary N) is 2. The third-order valence-electron chi connectivity index (χ3n) is 3.89. The maximum absolute atomic E-state index is 13.1. The Labute approximate surface area is 140 Å². The molecule has 1 aromatic carbocycles. The van der Waals surface area contributed by atoms with Crippen LogP contribution in [0.4, 0.5) is 9.18 Å². The Bertz CT molecular complexity index is 607. The van der Waals surface area contributed by atoms with Crippen molar-refractivity contribution in [3.8, 4) is 0 Å². The fourth-order valence-electron chi connectivity index (χ4n) is 2.51. The van der Waals surface area contributed by atoms with E-state index in [4.69, 9.17) is 11.6 Å². The lowest BCUT2D eigenvalue weighted by Gasteiger charge is -2.29. The van der Waals surface area contributed by atoms with Gasteiger partial charge in [0.05, 0.1) is 0 Å². The molecule has 1 aliphatic heterocycles. The van der Waals surface area contributed by atoms with Crippen LogP contribution in [0, 0.1) is 5.82 Å². The van der Waals surface area contributed by atoms with Gasteiger partial charge < -0.3 is 15.5 Å². The van der Waals surface area contributed by atoms with E-state index >= 15 is 0 Å². The molecule has 0 atom stereocenters. The van der Waals surface area contributed by atoms with Gasteiger partial charge in [0.1, 0.15) is 12.4 Å². The van der Waals surface area contributed by atoms with Crippen molar-refractivity contribution in [2.75, 3.05) is 26.2 Å². The molecule has 0 bridgehead atoms. The molecule has 2 N–H and O–H groups in total. The second-order valence-corrected chi connectivity index (χ2v) is 6.70. The summed E-state index contributed by atoms with van der Waals surface area (Å²) in [5.74, 6) is -0.622. The maximum atomic E-state index is 13.1. The first-order valence-electron chi connectivity index (χ1n) is 7.54. The van der Waals surface area contributed by atoms with Crippen molar-refractivity contribution in [2.24, 2.45) is 0 Å². The Morgan fingerprint density at radius 3 is 2.87 bits per heavy atom. The van der Waals surface area contributed by atoms with E-state index < -0.39 is 11.2 Å². The van der Waals surface area contributed by atoms with Gasteiger partial charge in [-0.15, -0.1) is 0 Å². The van der Waals surface area contributed by atoms with Crippen LogP contribution in [-0.4, -0.2) is 43.0 Å². The van der Waals surface area contributed by atoms with Gasteiger partial charge in [-0.25, -0.2) is 9.18 Å². The molecule has 0 spiro atoms. The van der Waals surface area contributed by atoms with E-state index in [1.54, 1.807) is 6.07 Å². The predicted octanol–water partition coefficient (Wildman–Crippen LogP) is 2.29. The number of carbonyl (C=O) groups is 2.